The fourth-order valence-electron chi connectivity index (χ4n) is 3.42. The molecule has 5 rings (SSSR count). The first kappa shape index (κ1) is 21.5. The molecule has 5 aromatic rings. The molecule has 0 radical (unpaired) electrons. The van der Waals surface area contributed by atoms with Crippen LogP contribution < -0.4 is 9.46 Å². The second-order valence-electron chi connectivity index (χ2n) is 7.34. The Labute approximate surface area is 196 Å². The minimum Gasteiger partial charge on any atom is -0.494 e. The Balaban J connectivity index is 1.39. The van der Waals surface area contributed by atoms with Gasteiger partial charge in [0.2, 0.25) is 0 Å². The third-order valence-corrected chi connectivity index (χ3v) is 6.46. The van der Waals surface area contributed by atoms with E-state index in [1.807, 2.05) is 31.2 Å². The molecule has 0 spiro atoms. The molecule has 34 heavy (non-hydrogen) atoms. The van der Waals surface area contributed by atoms with Crippen LogP contribution in [0, 0.1) is 0 Å². The van der Waals surface area contributed by atoms with E-state index in [1.165, 1.54) is 12.1 Å². The molecule has 2 aromatic carbocycles. The number of pyridine rings is 1. The average molecular weight is 473 g/mol. The van der Waals surface area contributed by atoms with Gasteiger partial charge in [0, 0.05) is 29.2 Å². The van der Waals surface area contributed by atoms with E-state index in [0.29, 0.717) is 35.2 Å². The predicted molar refractivity (Wildman–Crippen MR) is 128 cm³/mol. The number of nitrogens with one attached hydrogen (secondary N) is 1. The number of fused-ring (bicyclic) bond motifs is 1. The Hall–Kier alpha value is -4.31. The SMILES string of the molecule is CCOc1ccc(S(=O)(=O)Nc2ccc(-c3ccc4nnc(-c5cccnc5)n4n3)cc2)cc1. The van der Waals surface area contributed by atoms with E-state index in [9.17, 15) is 8.42 Å². The van der Waals surface area contributed by atoms with Crippen molar-refractivity contribution in [3.63, 3.8) is 0 Å². The Morgan fingerprint density at radius 2 is 1.71 bits per heavy atom. The van der Waals surface area contributed by atoms with Gasteiger partial charge in [-0.2, -0.15) is 9.61 Å². The number of hydrogen-bond donors (Lipinski definition) is 1. The van der Waals surface area contributed by atoms with E-state index in [4.69, 9.17) is 4.74 Å². The summed E-state index contributed by atoms with van der Waals surface area (Å²) in [6.45, 7) is 2.38. The van der Waals surface area contributed by atoms with Crippen molar-refractivity contribution in [2.24, 2.45) is 0 Å². The summed E-state index contributed by atoms with van der Waals surface area (Å²) in [5.41, 5.74) is 3.37. The molecule has 3 aromatic heterocycles. The van der Waals surface area contributed by atoms with Crippen LogP contribution in [0.4, 0.5) is 5.69 Å². The van der Waals surface area contributed by atoms with Gasteiger partial charge in [-0.3, -0.25) is 9.71 Å². The molecule has 0 saturated heterocycles. The normalized spacial score (nSPS) is 11.4. The summed E-state index contributed by atoms with van der Waals surface area (Å²) in [6, 6.07) is 20.7. The van der Waals surface area contributed by atoms with Gasteiger partial charge < -0.3 is 4.74 Å². The molecule has 0 saturated carbocycles. The summed E-state index contributed by atoms with van der Waals surface area (Å²) in [5, 5.41) is 13.1. The molecule has 0 amide bonds. The van der Waals surface area contributed by atoms with E-state index in [0.717, 1.165) is 11.1 Å². The second kappa shape index (κ2) is 8.91. The molecule has 0 atom stereocenters. The van der Waals surface area contributed by atoms with Crippen LogP contribution in [-0.4, -0.2) is 39.8 Å². The van der Waals surface area contributed by atoms with Crippen molar-refractivity contribution in [2.75, 3.05) is 11.3 Å². The van der Waals surface area contributed by atoms with E-state index in [2.05, 4.69) is 25.0 Å². The van der Waals surface area contributed by atoms with Gasteiger partial charge in [-0.05, 0) is 67.6 Å². The summed E-state index contributed by atoms with van der Waals surface area (Å²) in [6.07, 6.45) is 3.40. The third-order valence-electron chi connectivity index (χ3n) is 5.06. The highest BCUT2D eigenvalue weighted by Gasteiger charge is 2.15. The molecule has 0 unspecified atom stereocenters. The van der Waals surface area contributed by atoms with Crippen molar-refractivity contribution in [1.29, 1.82) is 0 Å². The van der Waals surface area contributed by atoms with Crippen molar-refractivity contribution in [3.8, 4) is 28.4 Å². The molecule has 0 fully saturated rings. The standard InChI is InChI=1S/C24H20N6O3S/c1-2-33-20-9-11-21(12-10-20)34(31,32)29-19-7-5-17(6-8-19)22-13-14-23-26-27-24(30(23)28-22)18-4-3-15-25-16-18/h3-16,29H,2H2,1H3. The van der Waals surface area contributed by atoms with Gasteiger partial charge in [-0.25, -0.2) is 8.42 Å². The van der Waals surface area contributed by atoms with Gasteiger partial charge in [0.1, 0.15) is 5.75 Å². The minimum atomic E-state index is -3.73. The maximum Gasteiger partial charge on any atom is 0.261 e. The predicted octanol–water partition coefficient (Wildman–Crippen LogP) is 4.05. The lowest BCUT2D eigenvalue weighted by Crippen LogP contribution is -2.12. The number of nitrogens with zero attached hydrogens (tertiary/aromatic N) is 5. The van der Waals surface area contributed by atoms with Crippen LogP contribution in [0.25, 0.3) is 28.3 Å². The Morgan fingerprint density at radius 3 is 2.41 bits per heavy atom. The fourth-order valence-corrected chi connectivity index (χ4v) is 4.48. The molecule has 0 aliphatic heterocycles. The fraction of sp³-hybridized carbons (Fsp3) is 0.0833. The number of ether oxygens (including phenoxy) is 1. The van der Waals surface area contributed by atoms with Crippen LogP contribution in [0.1, 0.15) is 6.92 Å². The zero-order valence-corrected chi connectivity index (χ0v) is 19.0. The second-order valence-corrected chi connectivity index (χ2v) is 9.02. The van der Waals surface area contributed by atoms with Crippen molar-refractivity contribution in [2.45, 2.75) is 11.8 Å². The van der Waals surface area contributed by atoms with Gasteiger partial charge in [0.15, 0.2) is 11.5 Å². The molecule has 0 bridgehead atoms. The molecule has 9 nitrogen and oxygen atoms in total. The molecule has 0 aliphatic carbocycles. The van der Waals surface area contributed by atoms with Gasteiger partial charge >= 0.3 is 0 Å². The van der Waals surface area contributed by atoms with Gasteiger partial charge in [-0.15, -0.1) is 10.2 Å². The molecule has 1 N–H and O–H groups in total. The zero-order valence-electron chi connectivity index (χ0n) is 18.2. The summed E-state index contributed by atoms with van der Waals surface area (Å²) in [5.74, 6) is 1.21. The number of hydrogen-bond acceptors (Lipinski definition) is 7. The first-order chi connectivity index (χ1) is 16.5. The van der Waals surface area contributed by atoms with Gasteiger partial charge in [0.25, 0.3) is 10.0 Å². The van der Waals surface area contributed by atoms with Crippen LogP contribution in [-0.2, 0) is 10.0 Å². The van der Waals surface area contributed by atoms with Crippen LogP contribution in [0.2, 0.25) is 0 Å². The van der Waals surface area contributed by atoms with E-state index in [1.54, 1.807) is 53.3 Å². The monoisotopic (exact) mass is 472 g/mol. The van der Waals surface area contributed by atoms with Crippen molar-refractivity contribution in [1.82, 2.24) is 24.8 Å². The summed E-state index contributed by atoms with van der Waals surface area (Å²) >= 11 is 0. The quantitative estimate of drug-likeness (QED) is 0.380. The Kier molecular flexibility index (Phi) is 5.64. The highest BCUT2D eigenvalue weighted by Crippen LogP contribution is 2.24. The molecule has 3 heterocycles. The summed E-state index contributed by atoms with van der Waals surface area (Å²) in [4.78, 5) is 4.29. The van der Waals surface area contributed by atoms with Crippen molar-refractivity contribution in [3.05, 3.63) is 85.2 Å². The number of anilines is 1. The molecular formula is C24H20N6O3S. The van der Waals surface area contributed by atoms with Crippen molar-refractivity contribution >= 4 is 21.4 Å². The van der Waals surface area contributed by atoms with Gasteiger partial charge in [0.05, 0.1) is 17.2 Å². The maximum absolute atomic E-state index is 12.7. The van der Waals surface area contributed by atoms with Crippen LogP contribution in [0.15, 0.2) is 90.1 Å². The smallest absolute Gasteiger partial charge is 0.261 e. The van der Waals surface area contributed by atoms with Gasteiger partial charge in [-0.1, -0.05) is 12.1 Å². The van der Waals surface area contributed by atoms with Crippen LogP contribution >= 0.6 is 0 Å². The largest absolute Gasteiger partial charge is 0.494 e. The number of sulfonamides is 1. The first-order valence-corrected chi connectivity index (χ1v) is 12.0. The summed E-state index contributed by atoms with van der Waals surface area (Å²) < 4.78 is 35.1. The molecule has 170 valence electrons. The average Bonchev–Trinajstić information content (AvgIpc) is 3.29. The Morgan fingerprint density at radius 1 is 0.912 bits per heavy atom. The molecule has 0 aliphatic rings. The van der Waals surface area contributed by atoms with E-state index < -0.39 is 10.0 Å². The lowest BCUT2D eigenvalue weighted by molar-refractivity contribution is 0.340. The zero-order chi connectivity index (χ0) is 23.5. The third kappa shape index (κ3) is 4.30. The van der Waals surface area contributed by atoms with Crippen LogP contribution in [0.3, 0.4) is 0 Å². The van der Waals surface area contributed by atoms with Crippen molar-refractivity contribution < 1.29 is 13.2 Å². The van der Waals surface area contributed by atoms with E-state index >= 15 is 0 Å². The highest BCUT2D eigenvalue weighted by molar-refractivity contribution is 7.92. The maximum atomic E-state index is 12.7. The lowest BCUT2D eigenvalue weighted by Gasteiger charge is -2.10. The number of aromatic nitrogens is 5. The first-order valence-electron chi connectivity index (χ1n) is 10.5. The number of rotatable bonds is 7. The molecule has 10 heteroatoms. The summed E-state index contributed by atoms with van der Waals surface area (Å²) in [7, 11) is -3.73. The molecular weight excluding hydrogens is 452 g/mol. The van der Waals surface area contributed by atoms with E-state index in [-0.39, 0.29) is 4.90 Å². The topological polar surface area (TPSA) is 111 Å². The highest BCUT2D eigenvalue weighted by atomic mass is 32.2. The lowest BCUT2D eigenvalue weighted by atomic mass is 10.1. The number of benzene rings is 2. The minimum absolute atomic E-state index is 0.155. The van der Waals surface area contributed by atoms with Crippen LogP contribution in [0.5, 0.6) is 5.75 Å². The Bertz CT molecular complexity index is 1530.